The van der Waals surface area contributed by atoms with Gasteiger partial charge in [-0.2, -0.15) is 0 Å². The summed E-state index contributed by atoms with van der Waals surface area (Å²) in [7, 11) is -3.03. The molecular weight excluding hydrogens is 306 g/mol. The molecule has 0 radical (unpaired) electrons. The number of nitrogens with one attached hydrogen (secondary N) is 1. The second-order valence-electron chi connectivity index (χ2n) is 5.62. The van der Waals surface area contributed by atoms with Crippen LogP contribution in [0.3, 0.4) is 0 Å². The maximum absolute atomic E-state index is 11.9. The molecule has 1 heterocycles. The number of hydrogen-bond acceptors (Lipinski definition) is 4. The SMILES string of the molecule is O=C(CC1CCS(=O)(=O)C1)N[C@H](Cc1ccccc1)C(=O)O. The van der Waals surface area contributed by atoms with Crippen LogP contribution in [0.4, 0.5) is 0 Å². The summed E-state index contributed by atoms with van der Waals surface area (Å²) in [5, 5.41) is 11.7. The number of benzene rings is 1. The van der Waals surface area contributed by atoms with E-state index in [1.165, 1.54) is 0 Å². The average Bonchev–Trinajstić information content (AvgIpc) is 2.78. The second-order valence-corrected chi connectivity index (χ2v) is 7.85. The first-order valence-electron chi connectivity index (χ1n) is 7.12. The molecule has 1 aromatic rings. The number of carbonyl (C=O) groups excluding carboxylic acids is 1. The summed E-state index contributed by atoms with van der Waals surface area (Å²) in [6, 6.07) is 8.03. The van der Waals surface area contributed by atoms with Crippen molar-refractivity contribution in [2.45, 2.75) is 25.3 Å². The minimum Gasteiger partial charge on any atom is -0.480 e. The summed E-state index contributed by atoms with van der Waals surface area (Å²) >= 11 is 0. The van der Waals surface area contributed by atoms with E-state index >= 15 is 0 Å². The standard InChI is InChI=1S/C15H19NO5S/c17-14(9-12-6-7-22(20,21)10-12)16-13(15(18)19)8-11-4-2-1-3-5-11/h1-5,12-13H,6-10H2,(H,16,17)(H,18,19)/t12?,13-/m1/s1. The lowest BCUT2D eigenvalue weighted by Crippen LogP contribution is -2.42. The third kappa shape index (κ3) is 4.84. The van der Waals surface area contributed by atoms with Gasteiger partial charge in [-0.15, -0.1) is 0 Å². The molecule has 1 fully saturated rings. The van der Waals surface area contributed by atoms with Crippen LogP contribution in [0.1, 0.15) is 18.4 Å². The van der Waals surface area contributed by atoms with E-state index < -0.39 is 27.8 Å². The Hall–Kier alpha value is -1.89. The highest BCUT2D eigenvalue weighted by atomic mass is 32.2. The third-order valence-electron chi connectivity index (χ3n) is 3.72. The lowest BCUT2D eigenvalue weighted by molar-refractivity contribution is -0.141. The Kier molecular flexibility index (Phi) is 5.18. The highest BCUT2D eigenvalue weighted by molar-refractivity contribution is 7.91. The number of aliphatic carboxylic acids is 1. The molecule has 7 heteroatoms. The molecule has 22 heavy (non-hydrogen) atoms. The van der Waals surface area contributed by atoms with Gasteiger partial charge in [0, 0.05) is 12.8 Å². The van der Waals surface area contributed by atoms with Crippen LogP contribution in [0.2, 0.25) is 0 Å². The molecule has 0 aliphatic carbocycles. The van der Waals surface area contributed by atoms with Gasteiger partial charge in [0.05, 0.1) is 11.5 Å². The Balaban J connectivity index is 1.91. The van der Waals surface area contributed by atoms with Crippen LogP contribution < -0.4 is 5.32 Å². The molecule has 2 atom stereocenters. The molecule has 1 amide bonds. The fourth-order valence-electron chi connectivity index (χ4n) is 2.60. The first-order chi connectivity index (χ1) is 10.4. The number of hydrogen-bond donors (Lipinski definition) is 2. The van der Waals surface area contributed by atoms with Crippen LogP contribution in [0, 0.1) is 5.92 Å². The zero-order valence-corrected chi connectivity index (χ0v) is 12.9. The molecule has 0 spiro atoms. The quantitative estimate of drug-likeness (QED) is 0.799. The first kappa shape index (κ1) is 16.5. The van der Waals surface area contributed by atoms with E-state index in [4.69, 9.17) is 0 Å². The van der Waals surface area contributed by atoms with Crippen molar-refractivity contribution < 1.29 is 23.1 Å². The largest absolute Gasteiger partial charge is 0.480 e. The Morgan fingerprint density at radius 3 is 2.50 bits per heavy atom. The van der Waals surface area contributed by atoms with Gasteiger partial charge in [0.15, 0.2) is 9.84 Å². The summed E-state index contributed by atoms with van der Waals surface area (Å²) in [6.45, 7) is 0. The minimum atomic E-state index is -3.03. The van der Waals surface area contributed by atoms with E-state index in [0.29, 0.717) is 6.42 Å². The van der Waals surface area contributed by atoms with Crippen molar-refractivity contribution in [1.82, 2.24) is 5.32 Å². The highest BCUT2D eigenvalue weighted by Gasteiger charge is 2.30. The van der Waals surface area contributed by atoms with Crippen LogP contribution >= 0.6 is 0 Å². The van der Waals surface area contributed by atoms with Gasteiger partial charge in [0.1, 0.15) is 6.04 Å². The summed E-state index contributed by atoms with van der Waals surface area (Å²) in [6.07, 6.45) is 0.717. The number of carboxylic acid groups (broad SMARTS) is 1. The first-order valence-corrected chi connectivity index (χ1v) is 8.94. The van der Waals surface area contributed by atoms with Crippen LogP contribution in [-0.2, 0) is 25.8 Å². The lowest BCUT2D eigenvalue weighted by atomic mass is 10.0. The molecule has 1 aliphatic rings. The molecule has 1 unspecified atom stereocenters. The monoisotopic (exact) mass is 325 g/mol. The normalized spacial score (nSPS) is 21.2. The van der Waals surface area contributed by atoms with Gasteiger partial charge in [-0.3, -0.25) is 4.79 Å². The van der Waals surface area contributed by atoms with Crippen LogP contribution in [-0.4, -0.2) is 42.9 Å². The van der Waals surface area contributed by atoms with Crippen LogP contribution in [0.5, 0.6) is 0 Å². The Morgan fingerprint density at radius 2 is 1.95 bits per heavy atom. The molecule has 1 aromatic carbocycles. The molecular formula is C15H19NO5S. The maximum atomic E-state index is 11.9. The molecule has 1 aliphatic heterocycles. The van der Waals surface area contributed by atoms with E-state index in [1.807, 2.05) is 6.07 Å². The predicted molar refractivity (Wildman–Crippen MR) is 81.1 cm³/mol. The maximum Gasteiger partial charge on any atom is 0.326 e. The molecule has 2 rings (SSSR count). The van der Waals surface area contributed by atoms with Gasteiger partial charge < -0.3 is 10.4 Å². The van der Waals surface area contributed by atoms with Gasteiger partial charge in [0.25, 0.3) is 0 Å². The summed E-state index contributed by atoms with van der Waals surface area (Å²) in [4.78, 5) is 23.2. The van der Waals surface area contributed by atoms with E-state index in [-0.39, 0.29) is 30.3 Å². The van der Waals surface area contributed by atoms with Crippen molar-refractivity contribution in [3.8, 4) is 0 Å². The predicted octanol–water partition coefficient (Wildman–Crippen LogP) is 0.623. The van der Waals surface area contributed by atoms with E-state index in [0.717, 1.165) is 5.56 Å². The van der Waals surface area contributed by atoms with Gasteiger partial charge in [-0.25, -0.2) is 13.2 Å². The van der Waals surface area contributed by atoms with Gasteiger partial charge in [0.2, 0.25) is 5.91 Å². The van der Waals surface area contributed by atoms with E-state index in [9.17, 15) is 23.1 Å². The zero-order valence-electron chi connectivity index (χ0n) is 12.1. The van der Waals surface area contributed by atoms with Crippen molar-refractivity contribution in [3.63, 3.8) is 0 Å². The Morgan fingerprint density at radius 1 is 1.27 bits per heavy atom. The Bertz CT molecular complexity index is 641. The second kappa shape index (κ2) is 6.91. The molecule has 0 aromatic heterocycles. The summed E-state index contributed by atoms with van der Waals surface area (Å²) in [5.41, 5.74) is 0.818. The smallest absolute Gasteiger partial charge is 0.326 e. The molecule has 6 nitrogen and oxygen atoms in total. The fraction of sp³-hybridized carbons (Fsp3) is 0.467. The number of amides is 1. The van der Waals surface area contributed by atoms with E-state index in [2.05, 4.69) is 5.32 Å². The molecule has 120 valence electrons. The number of sulfone groups is 1. The van der Waals surface area contributed by atoms with Crippen molar-refractivity contribution in [3.05, 3.63) is 35.9 Å². The Labute approximate surface area is 129 Å². The number of carboxylic acids is 1. The van der Waals surface area contributed by atoms with E-state index in [1.54, 1.807) is 24.3 Å². The average molecular weight is 325 g/mol. The topological polar surface area (TPSA) is 101 Å². The van der Waals surface area contributed by atoms with Crippen molar-refractivity contribution >= 4 is 21.7 Å². The third-order valence-corrected chi connectivity index (χ3v) is 5.55. The number of rotatable bonds is 6. The zero-order chi connectivity index (χ0) is 16.2. The molecule has 0 saturated carbocycles. The lowest BCUT2D eigenvalue weighted by Gasteiger charge is -2.16. The molecule has 0 bridgehead atoms. The minimum absolute atomic E-state index is 0.0108. The summed E-state index contributed by atoms with van der Waals surface area (Å²) < 4.78 is 22.7. The van der Waals surface area contributed by atoms with Crippen molar-refractivity contribution in [1.29, 1.82) is 0 Å². The number of carbonyl (C=O) groups is 2. The van der Waals surface area contributed by atoms with Gasteiger partial charge in [-0.1, -0.05) is 30.3 Å². The van der Waals surface area contributed by atoms with Crippen LogP contribution in [0.15, 0.2) is 30.3 Å². The fourth-order valence-corrected chi connectivity index (χ4v) is 4.46. The molecule has 1 saturated heterocycles. The van der Waals surface area contributed by atoms with Crippen LogP contribution in [0.25, 0.3) is 0 Å². The van der Waals surface area contributed by atoms with Gasteiger partial charge >= 0.3 is 5.97 Å². The molecule has 2 N–H and O–H groups in total. The van der Waals surface area contributed by atoms with Crippen molar-refractivity contribution in [2.75, 3.05) is 11.5 Å². The summed E-state index contributed by atoms with van der Waals surface area (Å²) in [5.74, 6) is -1.61. The van der Waals surface area contributed by atoms with Gasteiger partial charge in [-0.05, 0) is 17.9 Å². The van der Waals surface area contributed by atoms with Crippen molar-refractivity contribution in [2.24, 2.45) is 5.92 Å². The highest BCUT2D eigenvalue weighted by Crippen LogP contribution is 2.21.